The lowest BCUT2D eigenvalue weighted by atomic mass is 10.0. The molecular formula is C21H24N2O4. The summed E-state index contributed by atoms with van der Waals surface area (Å²) >= 11 is 0. The van der Waals surface area contributed by atoms with Gasteiger partial charge in [0.2, 0.25) is 0 Å². The maximum Gasteiger partial charge on any atom is 0.414 e. The predicted octanol–water partition coefficient (Wildman–Crippen LogP) is 3.33. The molecule has 3 rings (SSSR count). The molecule has 2 aromatic rings. The van der Waals surface area contributed by atoms with E-state index in [-0.39, 0.29) is 25.2 Å². The van der Waals surface area contributed by atoms with E-state index in [4.69, 9.17) is 9.47 Å². The number of anilines is 1. The molecule has 0 saturated carbocycles. The van der Waals surface area contributed by atoms with Gasteiger partial charge < -0.3 is 14.8 Å². The van der Waals surface area contributed by atoms with Crippen molar-refractivity contribution in [2.24, 2.45) is 0 Å². The van der Waals surface area contributed by atoms with Crippen molar-refractivity contribution in [2.75, 3.05) is 24.6 Å². The van der Waals surface area contributed by atoms with Crippen molar-refractivity contribution in [3.05, 3.63) is 60.2 Å². The van der Waals surface area contributed by atoms with Crippen molar-refractivity contribution in [1.82, 2.24) is 5.32 Å². The Balaban J connectivity index is 1.46. The average molecular weight is 368 g/mol. The van der Waals surface area contributed by atoms with Crippen LogP contribution in [0.5, 0.6) is 5.75 Å². The highest BCUT2D eigenvalue weighted by molar-refractivity contribution is 5.89. The number of carbonyl (C=O) groups excluding carboxylic acids is 2. The quantitative estimate of drug-likeness (QED) is 0.814. The fraction of sp³-hybridized carbons (Fsp3) is 0.333. The molecule has 1 unspecified atom stereocenters. The zero-order chi connectivity index (χ0) is 19.2. The summed E-state index contributed by atoms with van der Waals surface area (Å²) in [6.45, 7) is 4.83. The van der Waals surface area contributed by atoms with Gasteiger partial charge in [0.1, 0.15) is 11.9 Å². The van der Waals surface area contributed by atoms with Crippen molar-refractivity contribution in [2.45, 2.75) is 25.9 Å². The first-order valence-corrected chi connectivity index (χ1v) is 9.05. The molecule has 1 atom stereocenters. The van der Waals surface area contributed by atoms with Crippen LogP contribution in [0, 0.1) is 0 Å². The van der Waals surface area contributed by atoms with Gasteiger partial charge in [0, 0.05) is 5.69 Å². The molecule has 0 aromatic heterocycles. The summed E-state index contributed by atoms with van der Waals surface area (Å²) in [7, 11) is 0. The van der Waals surface area contributed by atoms with Gasteiger partial charge in [-0.3, -0.25) is 9.69 Å². The second-order valence-corrected chi connectivity index (χ2v) is 6.77. The minimum atomic E-state index is -0.396. The molecule has 2 amide bonds. The summed E-state index contributed by atoms with van der Waals surface area (Å²) < 4.78 is 10.7. The molecule has 0 bridgehead atoms. The third-order valence-electron chi connectivity index (χ3n) is 4.39. The van der Waals surface area contributed by atoms with Crippen molar-refractivity contribution >= 4 is 17.7 Å². The molecule has 1 saturated heterocycles. The highest BCUT2D eigenvalue weighted by Crippen LogP contribution is 2.24. The maximum absolute atomic E-state index is 12.1. The van der Waals surface area contributed by atoms with Gasteiger partial charge in [0.25, 0.3) is 5.91 Å². The normalized spacial score (nSPS) is 16.3. The Bertz CT molecular complexity index is 775. The number of benzene rings is 2. The van der Waals surface area contributed by atoms with Gasteiger partial charge in [-0.25, -0.2) is 4.79 Å². The molecule has 142 valence electrons. The number of ether oxygens (including phenoxy) is 2. The van der Waals surface area contributed by atoms with E-state index in [1.165, 1.54) is 5.56 Å². The zero-order valence-corrected chi connectivity index (χ0v) is 15.6. The van der Waals surface area contributed by atoms with Gasteiger partial charge in [0.05, 0.1) is 13.1 Å². The molecule has 27 heavy (non-hydrogen) atoms. The van der Waals surface area contributed by atoms with Crippen LogP contribution in [0.1, 0.15) is 25.3 Å². The lowest BCUT2D eigenvalue weighted by Gasteiger charge is -2.14. The fourth-order valence-electron chi connectivity index (χ4n) is 2.82. The number of hydrogen-bond acceptors (Lipinski definition) is 4. The number of amides is 2. The lowest BCUT2D eigenvalue weighted by Crippen LogP contribution is -2.37. The minimum absolute atomic E-state index is 0.0783. The van der Waals surface area contributed by atoms with Gasteiger partial charge in [-0.05, 0) is 35.7 Å². The van der Waals surface area contributed by atoms with E-state index < -0.39 is 6.09 Å². The van der Waals surface area contributed by atoms with Crippen LogP contribution >= 0.6 is 0 Å². The third-order valence-corrected chi connectivity index (χ3v) is 4.39. The number of nitrogens with zero attached hydrogens (tertiary/aromatic N) is 1. The van der Waals surface area contributed by atoms with Gasteiger partial charge in [0.15, 0.2) is 6.61 Å². The first-order chi connectivity index (χ1) is 13.0. The molecule has 1 fully saturated rings. The largest absolute Gasteiger partial charge is 0.484 e. The van der Waals surface area contributed by atoms with Crippen LogP contribution in [0.25, 0.3) is 0 Å². The standard InChI is InChI=1S/C21H24N2O4/c1-15(2)16-8-10-17(11-9-16)23-13-19(27-21(23)25)12-22-20(24)14-26-18-6-4-3-5-7-18/h3-11,15,19H,12-14H2,1-2H3,(H,22,24). The van der Waals surface area contributed by atoms with Crippen molar-refractivity contribution < 1.29 is 19.1 Å². The Kier molecular flexibility index (Phi) is 5.96. The Morgan fingerprint density at radius 3 is 2.56 bits per heavy atom. The summed E-state index contributed by atoms with van der Waals surface area (Å²) in [6, 6.07) is 17.0. The van der Waals surface area contributed by atoms with Gasteiger partial charge >= 0.3 is 6.09 Å². The van der Waals surface area contributed by atoms with Crippen LogP contribution in [0.3, 0.4) is 0 Å². The molecule has 1 heterocycles. The first-order valence-electron chi connectivity index (χ1n) is 9.05. The van der Waals surface area contributed by atoms with Gasteiger partial charge in [-0.15, -0.1) is 0 Å². The molecule has 0 aliphatic carbocycles. The molecule has 6 nitrogen and oxygen atoms in total. The summed E-state index contributed by atoms with van der Waals surface area (Å²) in [5.41, 5.74) is 2.01. The van der Waals surface area contributed by atoms with Crippen molar-refractivity contribution in [3.8, 4) is 5.75 Å². The van der Waals surface area contributed by atoms with Gasteiger partial charge in [-0.1, -0.05) is 44.2 Å². The van der Waals surface area contributed by atoms with Crippen LogP contribution in [0.2, 0.25) is 0 Å². The SMILES string of the molecule is CC(C)c1ccc(N2CC(CNC(=O)COc3ccccc3)OC2=O)cc1. The second-order valence-electron chi connectivity index (χ2n) is 6.77. The number of cyclic esters (lactones) is 1. The predicted molar refractivity (Wildman–Crippen MR) is 103 cm³/mol. The summed E-state index contributed by atoms with van der Waals surface area (Å²) in [5, 5.41) is 2.74. The van der Waals surface area contributed by atoms with Gasteiger partial charge in [-0.2, -0.15) is 0 Å². The molecular weight excluding hydrogens is 344 g/mol. The van der Waals surface area contributed by atoms with E-state index in [0.717, 1.165) is 5.69 Å². The second kappa shape index (κ2) is 8.58. The van der Waals surface area contributed by atoms with E-state index >= 15 is 0 Å². The number of carbonyl (C=O) groups is 2. The molecule has 1 aliphatic rings. The van der Waals surface area contributed by atoms with E-state index in [1.807, 2.05) is 42.5 Å². The molecule has 1 aliphatic heterocycles. The number of nitrogens with one attached hydrogen (secondary N) is 1. The van der Waals surface area contributed by atoms with E-state index in [2.05, 4.69) is 19.2 Å². The van der Waals surface area contributed by atoms with Crippen LogP contribution in [-0.4, -0.2) is 37.8 Å². The smallest absolute Gasteiger partial charge is 0.414 e. The molecule has 0 radical (unpaired) electrons. The van der Waals surface area contributed by atoms with Crippen LogP contribution < -0.4 is 15.0 Å². The first kappa shape index (κ1) is 18.8. The topological polar surface area (TPSA) is 67.9 Å². The molecule has 0 spiro atoms. The van der Waals surface area contributed by atoms with Crippen molar-refractivity contribution in [1.29, 1.82) is 0 Å². The summed E-state index contributed by atoms with van der Waals surface area (Å²) in [5.74, 6) is 0.816. The highest BCUT2D eigenvalue weighted by atomic mass is 16.6. The third kappa shape index (κ3) is 5.00. The minimum Gasteiger partial charge on any atom is -0.484 e. The number of rotatable bonds is 7. The van der Waals surface area contributed by atoms with E-state index in [0.29, 0.717) is 18.2 Å². The average Bonchev–Trinajstić information content (AvgIpc) is 3.06. The molecule has 2 aromatic carbocycles. The van der Waals surface area contributed by atoms with Crippen LogP contribution in [-0.2, 0) is 9.53 Å². The van der Waals surface area contributed by atoms with Crippen molar-refractivity contribution in [3.63, 3.8) is 0 Å². The highest BCUT2D eigenvalue weighted by Gasteiger charge is 2.32. The fourth-order valence-corrected chi connectivity index (χ4v) is 2.82. The Hall–Kier alpha value is -3.02. The summed E-state index contributed by atoms with van der Waals surface area (Å²) in [6.07, 6.45) is -0.782. The van der Waals surface area contributed by atoms with Crippen LogP contribution in [0.15, 0.2) is 54.6 Å². The molecule has 1 N–H and O–H groups in total. The van der Waals surface area contributed by atoms with E-state index in [1.54, 1.807) is 17.0 Å². The Labute approximate surface area is 159 Å². The Morgan fingerprint density at radius 2 is 1.89 bits per heavy atom. The maximum atomic E-state index is 12.1. The Morgan fingerprint density at radius 1 is 1.19 bits per heavy atom. The van der Waals surface area contributed by atoms with E-state index in [9.17, 15) is 9.59 Å². The monoisotopic (exact) mass is 368 g/mol. The van der Waals surface area contributed by atoms with Crippen LogP contribution in [0.4, 0.5) is 10.5 Å². The summed E-state index contributed by atoms with van der Waals surface area (Å²) in [4.78, 5) is 25.6. The lowest BCUT2D eigenvalue weighted by molar-refractivity contribution is -0.123. The number of hydrogen-bond donors (Lipinski definition) is 1. The zero-order valence-electron chi connectivity index (χ0n) is 15.6. The molecule has 6 heteroatoms. The number of para-hydroxylation sites is 1.